The van der Waals surface area contributed by atoms with Crippen LogP contribution >= 0.6 is 0 Å². The zero-order valence-electron chi connectivity index (χ0n) is 12.3. The van der Waals surface area contributed by atoms with Crippen LogP contribution in [-0.4, -0.2) is 45.4 Å². The van der Waals surface area contributed by atoms with E-state index in [9.17, 15) is 9.59 Å². The summed E-state index contributed by atoms with van der Waals surface area (Å²) < 4.78 is 15.5. The largest absolute Gasteiger partial charge is 0.481 e. The lowest BCUT2D eigenvalue weighted by molar-refractivity contribution is -0.121. The Morgan fingerprint density at radius 2 is 2.32 bits per heavy atom. The number of carbonyl (C=O) groups is 2. The zero-order chi connectivity index (χ0) is 15.7. The van der Waals surface area contributed by atoms with E-state index >= 15 is 0 Å². The van der Waals surface area contributed by atoms with E-state index in [1.807, 2.05) is 0 Å². The fourth-order valence-corrected chi connectivity index (χ4v) is 2.73. The lowest BCUT2D eigenvalue weighted by Gasteiger charge is -2.31. The van der Waals surface area contributed by atoms with Crippen molar-refractivity contribution in [2.75, 3.05) is 44.1 Å². The second-order valence-electron chi connectivity index (χ2n) is 5.42. The van der Waals surface area contributed by atoms with Gasteiger partial charge in [-0.05, 0) is 12.5 Å². The number of esters is 1. The quantitative estimate of drug-likeness (QED) is 0.656. The number of fused-ring (bicyclic) bond motifs is 1. The minimum Gasteiger partial charge on any atom is -0.481 e. The Bertz CT molecular complexity index is 610. The maximum absolute atomic E-state index is 12.2. The molecule has 0 aliphatic carbocycles. The molecule has 0 radical (unpaired) electrons. The van der Waals surface area contributed by atoms with E-state index < -0.39 is 5.97 Å². The SMILES string of the molecule is COC(=O)c1cc2c(cc1N)OCC(=O)N2CC1CCOC1. The van der Waals surface area contributed by atoms with Crippen molar-refractivity contribution in [3.8, 4) is 5.75 Å². The molecule has 0 spiro atoms. The molecule has 2 aliphatic heterocycles. The van der Waals surface area contributed by atoms with Crippen molar-refractivity contribution in [2.45, 2.75) is 6.42 Å². The van der Waals surface area contributed by atoms with Gasteiger partial charge in [-0.2, -0.15) is 0 Å². The number of anilines is 2. The van der Waals surface area contributed by atoms with Crippen molar-refractivity contribution in [1.82, 2.24) is 0 Å². The molecule has 1 saturated heterocycles. The van der Waals surface area contributed by atoms with E-state index in [0.717, 1.165) is 6.42 Å². The maximum Gasteiger partial charge on any atom is 0.340 e. The summed E-state index contributed by atoms with van der Waals surface area (Å²) in [5.41, 5.74) is 6.91. The van der Waals surface area contributed by atoms with E-state index in [1.54, 1.807) is 17.0 Å². The highest BCUT2D eigenvalue weighted by Gasteiger charge is 2.31. The number of carbonyl (C=O) groups excluding carboxylic acids is 2. The highest BCUT2D eigenvalue weighted by molar-refractivity contribution is 6.02. The van der Waals surface area contributed by atoms with Crippen LogP contribution in [0.3, 0.4) is 0 Å². The van der Waals surface area contributed by atoms with Crippen molar-refractivity contribution >= 4 is 23.3 Å². The molecule has 0 saturated carbocycles. The Morgan fingerprint density at radius 3 is 3.00 bits per heavy atom. The minimum atomic E-state index is -0.539. The second-order valence-corrected chi connectivity index (χ2v) is 5.42. The highest BCUT2D eigenvalue weighted by atomic mass is 16.5. The fraction of sp³-hybridized carbons (Fsp3) is 0.467. The number of ether oxygens (including phenoxy) is 3. The number of nitrogens with two attached hydrogens (primary N) is 1. The molecule has 3 rings (SSSR count). The van der Waals surface area contributed by atoms with Gasteiger partial charge in [0, 0.05) is 30.8 Å². The van der Waals surface area contributed by atoms with Gasteiger partial charge in [0.15, 0.2) is 6.61 Å². The molecular weight excluding hydrogens is 288 g/mol. The van der Waals surface area contributed by atoms with E-state index in [0.29, 0.717) is 31.2 Å². The molecule has 2 heterocycles. The Balaban J connectivity index is 1.96. The Labute approximate surface area is 127 Å². The van der Waals surface area contributed by atoms with E-state index in [-0.39, 0.29) is 29.7 Å². The molecule has 1 amide bonds. The number of nitrogen functional groups attached to an aromatic ring is 1. The molecule has 1 unspecified atom stereocenters. The fourth-order valence-electron chi connectivity index (χ4n) is 2.73. The molecule has 22 heavy (non-hydrogen) atoms. The highest BCUT2D eigenvalue weighted by Crippen LogP contribution is 2.37. The van der Waals surface area contributed by atoms with E-state index in [2.05, 4.69) is 0 Å². The van der Waals surface area contributed by atoms with Gasteiger partial charge in [0.25, 0.3) is 5.91 Å². The van der Waals surface area contributed by atoms with Crippen LogP contribution in [0.2, 0.25) is 0 Å². The van der Waals surface area contributed by atoms with Gasteiger partial charge >= 0.3 is 5.97 Å². The standard InChI is InChI=1S/C15H18N2O5/c1-20-15(19)10-4-12-13(5-11(10)16)22-8-14(18)17(12)6-9-2-3-21-7-9/h4-5,9H,2-3,6-8,16H2,1H3. The maximum atomic E-state index is 12.2. The van der Waals surface area contributed by atoms with Gasteiger partial charge in [-0.25, -0.2) is 4.79 Å². The zero-order valence-corrected chi connectivity index (χ0v) is 12.3. The third kappa shape index (κ3) is 2.59. The lowest BCUT2D eigenvalue weighted by Crippen LogP contribution is -2.42. The predicted octanol–water partition coefficient (Wildman–Crippen LogP) is 0.817. The Hall–Kier alpha value is -2.28. The average Bonchev–Trinajstić information content (AvgIpc) is 3.02. The van der Waals surface area contributed by atoms with Crippen LogP contribution in [0.25, 0.3) is 0 Å². The molecule has 2 aliphatic rings. The monoisotopic (exact) mass is 306 g/mol. The molecule has 7 nitrogen and oxygen atoms in total. The van der Waals surface area contributed by atoms with Gasteiger partial charge in [0.05, 0.1) is 25.0 Å². The van der Waals surface area contributed by atoms with Crippen molar-refractivity contribution in [3.63, 3.8) is 0 Å². The van der Waals surface area contributed by atoms with Gasteiger partial charge in [0.1, 0.15) is 5.75 Å². The van der Waals surface area contributed by atoms with E-state index in [4.69, 9.17) is 19.9 Å². The number of methoxy groups -OCH3 is 1. The molecule has 1 aromatic rings. The smallest absolute Gasteiger partial charge is 0.340 e. The summed E-state index contributed by atoms with van der Waals surface area (Å²) >= 11 is 0. The van der Waals surface area contributed by atoms with Crippen LogP contribution in [0.15, 0.2) is 12.1 Å². The Morgan fingerprint density at radius 1 is 1.50 bits per heavy atom. The molecular formula is C15H18N2O5. The first-order chi connectivity index (χ1) is 10.6. The van der Waals surface area contributed by atoms with Gasteiger partial charge in [0.2, 0.25) is 0 Å². The van der Waals surface area contributed by atoms with Gasteiger partial charge in [-0.15, -0.1) is 0 Å². The molecule has 118 valence electrons. The number of amides is 1. The topological polar surface area (TPSA) is 91.1 Å². The number of nitrogens with zero attached hydrogens (tertiary/aromatic N) is 1. The van der Waals surface area contributed by atoms with Crippen molar-refractivity contribution in [2.24, 2.45) is 5.92 Å². The van der Waals surface area contributed by atoms with Crippen LogP contribution in [0, 0.1) is 5.92 Å². The summed E-state index contributed by atoms with van der Waals surface area (Å²) in [4.78, 5) is 25.6. The van der Waals surface area contributed by atoms with Gasteiger partial charge in [-0.3, -0.25) is 4.79 Å². The molecule has 1 fully saturated rings. The summed E-state index contributed by atoms with van der Waals surface area (Å²) in [6.07, 6.45) is 0.915. The molecule has 7 heteroatoms. The van der Waals surface area contributed by atoms with Crippen LogP contribution in [0.4, 0.5) is 11.4 Å². The first kappa shape index (κ1) is 14.6. The van der Waals surface area contributed by atoms with Crippen molar-refractivity contribution < 1.29 is 23.8 Å². The summed E-state index contributed by atoms with van der Waals surface area (Å²) in [6, 6.07) is 3.12. The van der Waals surface area contributed by atoms with Crippen LogP contribution < -0.4 is 15.4 Å². The molecule has 0 aromatic heterocycles. The van der Waals surface area contributed by atoms with Crippen LogP contribution in [-0.2, 0) is 14.3 Å². The molecule has 0 bridgehead atoms. The van der Waals surface area contributed by atoms with Crippen LogP contribution in [0.5, 0.6) is 5.75 Å². The molecule has 2 N–H and O–H groups in total. The normalized spacial score (nSPS) is 20.5. The van der Waals surface area contributed by atoms with Gasteiger partial charge < -0.3 is 24.8 Å². The average molecular weight is 306 g/mol. The van der Waals surface area contributed by atoms with Crippen molar-refractivity contribution in [1.29, 1.82) is 0 Å². The summed E-state index contributed by atoms with van der Waals surface area (Å²) in [5.74, 6) is 0.111. The molecule has 1 atom stereocenters. The second kappa shape index (κ2) is 5.84. The van der Waals surface area contributed by atoms with Crippen LogP contribution in [0.1, 0.15) is 16.8 Å². The number of rotatable bonds is 3. The van der Waals surface area contributed by atoms with Gasteiger partial charge in [-0.1, -0.05) is 0 Å². The van der Waals surface area contributed by atoms with E-state index in [1.165, 1.54) is 7.11 Å². The van der Waals surface area contributed by atoms with Crippen molar-refractivity contribution in [3.05, 3.63) is 17.7 Å². The first-order valence-corrected chi connectivity index (χ1v) is 7.13. The molecule has 1 aromatic carbocycles. The third-order valence-corrected chi connectivity index (χ3v) is 3.94. The summed E-state index contributed by atoms with van der Waals surface area (Å²) in [5, 5.41) is 0. The lowest BCUT2D eigenvalue weighted by atomic mass is 10.1. The summed E-state index contributed by atoms with van der Waals surface area (Å²) in [6.45, 7) is 1.86. The minimum absolute atomic E-state index is 0.0302. The third-order valence-electron chi connectivity index (χ3n) is 3.94. The predicted molar refractivity (Wildman–Crippen MR) is 79.0 cm³/mol. The number of hydrogen-bond donors (Lipinski definition) is 1. The summed E-state index contributed by atoms with van der Waals surface area (Å²) in [7, 11) is 1.29. The number of hydrogen-bond acceptors (Lipinski definition) is 6. The Kier molecular flexibility index (Phi) is 3.89. The number of benzene rings is 1. The first-order valence-electron chi connectivity index (χ1n) is 7.13.